The average Bonchev–Trinajstić information content (AvgIpc) is 2.25. The maximum atomic E-state index is 5.38. The van der Waals surface area contributed by atoms with E-state index in [0.717, 1.165) is 29.5 Å². The molecule has 0 amide bonds. The van der Waals surface area contributed by atoms with Gasteiger partial charge in [-0.1, -0.05) is 43.7 Å². The molecule has 1 aromatic rings. The summed E-state index contributed by atoms with van der Waals surface area (Å²) >= 11 is 3.47. The fraction of sp³-hybridized carbons (Fsp3) is 0.333. The third-order valence-electron chi connectivity index (χ3n) is 1.85. The molecule has 1 aromatic carbocycles. The van der Waals surface area contributed by atoms with Crippen LogP contribution in [0.4, 0.5) is 0 Å². The highest BCUT2D eigenvalue weighted by Crippen LogP contribution is 2.20. The lowest BCUT2D eigenvalue weighted by molar-refractivity contribution is 0.246. The largest absolute Gasteiger partial charge is 0.500 e. The maximum Gasteiger partial charge on any atom is 0.0977 e. The van der Waals surface area contributed by atoms with Gasteiger partial charge in [-0.2, -0.15) is 0 Å². The molecule has 0 saturated carbocycles. The van der Waals surface area contributed by atoms with Gasteiger partial charge in [0.2, 0.25) is 0 Å². The fourth-order valence-electron chi connectivity index (χ4n) is 1.03. The van der Waals surface area contributed by atoms with Crippen LogP contribution in [0.1, 0.15) is 25.3 Å². The lowest BCUT2D eigenvalue weighted by Crippen LogP contribution is -1.86. The van der Waals surface area contributed by atoms with Gasteiger partial charge >= 0.3 is 0 Å². The molecule has 0 heterocycles. The predicted molar refractivity (Wildman–Crippen MR) is 64.2 cm³/mol. The van der Waals surface area contributed by atoms with Crippen molar-refractivity contribution in [2.24, 2.45) is 0 Å². The van der Waals surface area contributed by atoms with Gasteiger partial charge in [-0.05, 0) is 27.9 Å². The van der Waals surface area contributed by atoms with Gasteiger partial charge in [-0.15, -0.1) is 0 Å². The second kappa shape index (κ2) is 6.66. The van der Waals surface area contributed by atoms with Crippen LogP contribution >= 0.6 is 15.9 Å². The summed E-state index contributed by atoms with van der Waals surface area (Å²) in [6, 6.07) is 10.1. The molecule has 1 nitrogen and oxygen atoms in total. The highest BCUT2D eigenvalue weighted by Gasteiger charge is 1.95. The summed E-state index contributed by atoms with van der Waals surface area (Å²) < 4.78 is 6.38. The van der Waals surface area contributed by atoms with E-state index < -0.39 is 0 Å². The Bertz CT molecular complexity index is 280. The number of ether oxygens (including phenoxy) is 1. The molecule has 2 heteroatoms. The first-order chi connectivity index (χ1) is 6.84. The monoisotopic (exact) mass is 254 g/mol. The van der Waals surface area contributed by atoms with Gasteiger partial charge in [-0.25, -0.2) is 0 Å². The Balaban J connectivity index is 2.44. The van der Waals surface area contributed by atoms with Crippen molar-refractivity contribution in [3.63, 3.8) is 0 Å². The molecule has 0 radical (unpaired) electrons. The Labute approximate surface area is 93.9 Å². The van der Waals surface area contributed by atoms with Crippen molar-refractivity contribution >= 4 is 20.4 Å². The van der Waals surface area contributed by atoms with Gasteiger partial charge in [0.1, 0.15) is 0 Å². The van der Waals surface area contributed by atoms with Crippen molar-refractivity contribution < 1.29 is 4.74 Å². The zero-order valence-corrected chi connectivity index (χ0v) is 9.96. The topological polar surface area (TPSA) is 9.23 Å². The van der Waals surface area contributed by atoms with Gasteiger partial charge in [0.15, 0.2) is 0 Å². The molecule has 0 unspecified atom stereocenters. The van der Waals surface area contributed by atoms with Crippen molar-refractivity contribution in [1.29, 1.82) is 0 Å². The number of hydrogen-bond donors (Lipinski definition) is 0. The van der Waals surface area contributed by atoms with Crippen LogP contribution in [0.2, 0.25) is 0 Å². The molecule has 0 aliphatic heterocycles. The van der Waals surface area contributed by atoms with E-state index >= 15 is 0 Å². The lowest BCUT2D eigenvalue weighted by Gasteiger charge is -2.01. The number of rotatable bonds is 5. The minimum absolute atomic E-state index is 0.790. The SMILES string of the molecule is CCCCO/C=C(/Br)c1ccccc1. The first kappa shape index (κ1) is 11.3. The first-order valence-electron chi connectivity index (χ1n) is 4.87. The van der Waals surface area contributed by atoms with Crippen molar-refractivity contribution in [3.05, 3.63) is 42.2 Å². The highest BCUT2D eigenvalue weighted by molar-refractivity contribution is 9.15. The van der Waals surface area contributed by atoms with E-state index in [1.807, 2.05) is 30.3 Å². The molecule has 0 aromatic heterocycles. The average molecular weight is 255 g/mol. The van der Waals surface area contributed by atoms with Crippen molar-refractivity contribution in [2.45, 2.75) is 19.8 Å². The van der Waals surface area contributed by atoms with Gasteiger partial charge in [-0.3, -0.25) is 0 Å². The number of unbranched alkanes of at least 4 members (excludes halogenated alkanes) is 1. The Morgan fingerprint density at radius 3 is 2.71 bits per heavy atom. The highest BCUT2D eigenvalue weighted by atomic mass is 79.9. The molecule has 0 atom stereocenters. The van der Waals surface area contributed by atoms with Crippen LogP contribution < -0.4 is 0 Å². The number of halogens is 1. The summed E-state index contributed by atoms with van der Waals surface area (Å²) in [6.45, 7) is 2.94. The molecule has 14 heavy (non-hydrogen) atoms. The van der Waals surface area contributed by atoms with E-state index in [9.17, 15) is 0 Å². The second-order valence-electron chi connectivity index (χ2n) is 3.06. The zero-order valence-electron chi connectivity index (χ0n) is 8.37. The summed E-state index contributed by atoms with van der Waals surface area (Å²) in [4.78, 5) is 0. The molecule has 0 aliphatic carbocycles. The molecule has 0 fully saturated rings. The van der Waals surface area contributed by atoms with Crippen molar-refractivity contribution in [3.8, 4) is 0 Å². The van der Waals surface area contributed by atoms with Crippen LogP contribution in [0, 0.1) is 0 Å². The molecule has 0 aliphatic rings. The summed E-state index contributed by atoms with van der Waals surface area (Å²) in [5.41, 5.74) is 1.14. The molecule has 0 spiro atoms. The third kappa shape index (κ3) is 3.97. The quantitative estimate of drug-likeness (QED) is 0.566. The first-order valence-corrected chi connectivity index (χ1v) is 5.66. The van der Waals surface area contributed by atoms with E-state index in [2.05, 4.69) is 22.9 Å². The van der Waals surface area contributed by atoms with Crippen molar-refractivity contribution in [1.82, 2.24) is 0 Å². The van der Waals surface area contributed by atoms with Gasteiger partial charge in [0.05, 0.1) is 17.4 Å². The summed E-state index contributed by atoms with van der Waals surface area (Å²) in [5.74, 6) is 0. The molecule has 0 N–H and O–H groups in total. The molecular weight excluding hydrogens is 240 g/mol. The Morgan fingerprint density at radius 1 is 1.36 bits per heavy atom. The standard InChI is InChI=1S/C12H15BrO/c1-2-3-9-14-10-12(13)11-7-5-4-6-8-11/h4-8,10H,2-3,9H2,1H3/b12-10+. The van der Waals surface area contributed by atoms with Crippen LogP contribution in [0.5, 0.6) is 0 Å². The Kier molecular flexibility index (Phi) is 5.38. The van der Waals surface area contributed by atoms with Crippen LogP contribution in [0.15, 0.2) is 36.6 Å². The minimum atomic E-state index is 0.790. The van der Waals surface area contributed by atoms with Gasteiger partial charge in [0, 0.05) is 0 Å². The molecular formula is C12H15BrO. The van der Waals surface area contributed by atoms with Crippen LogP contribution in [-0.4, -0.2) is 6.61 Å². The minimum Gasteiger partial charge on any atom is -0.500 e. The van der Waals surface area contributed by atoms with E-state index in [1.165, 1.54) is 0 Å². The van der Waals surface area contributed by atoms with E-state index in [4.69, 9.17) is 4.74 Å². The second-order valence-corrected chi connectivity index (χ2v) is 3.91. The molecule has 76 valence electrons. The summed E-state index contributed by atoms with van der Waals surface area (Å²) in [5, 5.41) is 0. The van der Waals surface area contributed by atoms with Crippen LogP contribution in [0.3, 0.4) is 0 Å². The maximum absolute atomic E-state index is 5.38. The van der Waals surface area contributed by atoms with Crippen LogP contribution in [-0.2, 0) is 4.74 Å². The molecule has 0 bridgehead atoms. The lowest BCUT2D eigenvalue weighted by atomic mass is 10.2. The molecule has 1 rings (SSSR count). The molecule has 0 saturated heterocycles. The van der Waals surface area contributed by atoms with E-state index in [1.54, 1.807) is 6.26 Å². The third-order valence-corrected chi connectivity index (χ3v) is 2.50. The normalized spacial score (nSPS) is 11.4. The van der Waals surface area contributed by atoms with Crippen molar-refractivity contribution in [2.75, 3.05) is 6.61 Å². The van der Waals surface area contributed by atoms with Crippen LogP contribution in [0.25, 0.3) is 4.48 Å². The number of benzene rings is 1. The predicted octanol–water partition coefficient (Wildman–Crippen LogP) is 4.20. The fourth-order valence-corrected chi connectivity index (χ4v) is 1.42. The summed E-state index contributed by atoms with van der Waals surface area (Å²) in [6.07, 6.45) is 4.04. The number of hydrogen-bond acceptors (Lipinski definition) is 1. The Hall–Kier alpha value is -0.760. The zero-order chi connectivity index (χ0) is 10.2. The summed E-state index contributed by atoms with van der Waals surface area (Å²) in [7, 11) is 0. The van der Waals surface area contributed by atoms with E-state index in [-0.39, 0.29) is 0 Å². The smallest absolute Gasteiger partial charge is 0.0977 e. The Morgan fingerprint density at radius 2 is 2.07 bits per heavy atom. The van der Waals surface area contributed by atoms with Gasteiger partial charge in [0.25, 0.3) is 0 Å². The van der Waals surface area contributed by atoms with Gasteiger partial charge < -0.3 is 4.74 Å². The van der Waals surface area contributed by atoms with E-state index in [0.29, 0.717) is 0 Å².